The van der Waals surface area contributed by atoms with E-state index in [0.717, 1.165) is 18.6 Å². The molecule has 1 saturated heterocycles. The molecule has 8 heteroatoms. The normalized spacial score (nSPS) is 23.8. The van der Waals surface area contributed by atoms with Crippen LogP contribution < -0.4 is 5.32 Å². The number of aromatic nitrogens is 3. The second-order valence-electron chi connectivity index (χ2n) is 6.82. The van der Waals surface area contributed by atoms with Gasteiger partial charge < -0.3 is 14.8 Å². The summed E-state index contributed by atoms with van der Waals surface area (Å²) >= 11 is 6.30. The highest BCUT2D eigenvalue weighted by Gasteiger charge is 2.32. The van der Waals surface area contributed by atoms with Crippen LogP contribution in [0.1, 0.15) is 35.3 Å². The van der Waals surface area contributed by atoms with E-state index in [4.69, 9.17) is 21.1 Å². The van der Waals surface area contributed by atoms with E-state index in [2.05, 4.69) is 15.4 Å². The van der Waals surface area contributed by atoms with Crippen LogP contribution in [0.25, 0.3) is 5.65 Å². The molecule has 25 heavy (non-hydrogen) atoms. The quantitative estimate of drug-likeness (QED) is 0.878. The molecule has 2 unspecified atom stereocenters. The molecule has 2 aromatic heterocycles. The Labute approximate surface area is 150 Å². The van der Waals surface area contributed by atoms with E-state index >= 15 is 0 Å². The highest BCUT2D eigenvalue weighted by Crippen LogP contribution is 2.30. The van der Waals surface area contributed by atoms with Gasteiger partial charge in [-0.05, 0) is 37.7 Å². The van der Waals surface area contributed by atoms with Crippen molar-refractivity contribution in [2.45, 2.75) is 38.3 Å². The number of amides is 1. The fraction of sp³-hybridized carbons (Fsp3) is 0.588. The van der Waals surface area contributed by atoms with E-state index in [1.807, 2.05) is 6.92 Å². The van der Waals surface area contributed by atoms with E-state index in [1.54, 1.807) is 12.4 Å². The maximum absolute atomic E-state index is 12.7. The molecule has 1 saturated carbocycles. The van der Waals surface area contributed by atoms with Crippen molar-refractivity contribution in [2.75, 3.05) is 19.8 Å². The van der Waals surface area contributed by atoms with E-state index in [1.165, 1.54) is 17.4 Å². The number of aryl methyl sites for hydroxylation is 1. The van der Waals surface area contributed by atoms with Gasteiger partial charge in [-0.25, -0.2) is 9.50 Å². The number of hydrogen-bond acceptors (Lipinski definition) is 5. The summed E-state index contributed by atoms with van der Waals surface area (Å²) in [4.78, 5) is 16.9. The lowest BCUT2D eigenvalue weighted by Gasteiger charge is -2.32. The third kappa shape index (κ3) is 3.63. The van der Waals surface area contributed by atoms with Crippen molar-refractivity contribution in [2.24, 2.45) is 5.92 Å². The molecule has 1 aliphatic carbocycles. The lowest BCUT2D eigenvalue weighted by Crippen LogP contribution is -2.50. The number of ether oxygens (including phenoxy) is 2. The van der Waals surface area contributed by atoms with Crippen molar-refractivity contribution in [1.82, 2.24) is 19.9 Å². The lowest BCUT2D eigenvalue weighted by molar-refractivity contribution is -0.0567. The molecule has 0 bridgehead atoms. The molecular formula is C17H21ClN4O3. The van der Waals surface area contributed by atoms with E-state index < -0.39 is 0 Å². The van der Waals surface area contributed by atoms with Crippen LogP contribution in [0.3, 0.4) is 0 Å². The number of rotatable bonds is 5. The summed E-state index contributed by atoms with van der Waals surface area (Å²) in [5.74, 6) is 0.352. The van der Waals surface area contributed by atoms with Crippen LogP contribution >= 0.6 is 11.6 Å². The molecule has 0 radical (unpaired) electrons. The Morgan fingerprint density at radius 2 is 2.32 bits per heavy atom. The minimum absolute atomic E-state index is 0.0329. The topological polar surface area (TPSA) is 77.8 Å². The van der Waals surface area contributed by atoms with Crippen LogP contribution in [0.4, 0.5) is 0 Å². The Morgan fingerprint density at radius 3 is 3.12 bits per heavy atom. The Balaban J connectivity index is 1.48. The summed E-state index contributed by atoms with van der Waals surface area (Å²) in [5.41, 5.74) is 1.58. The first-order chi connectivity index (χ1) is 12.1. The van der Waals surface area contributed by atoms with Gasteiger partial charge in [-0.3, -0.25) is 4.79 Å². The molecule has 2 atom stereocenters. The average Bonchev–Trinajstić information content (AvgIpc) is 3.37. The Hall–Kier alpha value is -1.70. The SMILES string of the molecule is Cc1cnc2c(Cl)c(C(=O)NC3COCCC3OCC3CC3)nn2c1. The van der Waals surface area contributed by atoms with Crippen molar-refractivity contribution in [3.63, 3.8) is 0 Å². The minimum atomic E-state index is -0.330. The third-order valence-electron chi connectivity index (χ3n) is 4.61. The largest absolute Gasteiger partial charge is 0.379 e. The molecule has 1 N–H and O–H groups in total. The van der Waals surface area contributed by atoms with Crippen molar-refractivity contribution in [1.29, 1.82) is 0 Å². The zero-order valence-electron chi connectivity index (χ0n) is 14.1. The molecule has 7 nitrogen and oxygen atoms in total. The van der Waals surface area contributed by atoms with Crippen LogP contribution in [0.15, 0.2) is 12.4 Å². The second kappa shape index (κ2) is 6.90. The lowest BCUT2D eigenvalue weighted by atomic mass is 10.1. The predicted octanol–water partition coefficient (Wildman–Crippen LogP) is 2.01. The predicted molar refractivity (Wildman–Crippen MR) is 91.9 cm³/mol. The first-order valence-corrected chi connectivity index (χ1v) is 9.00. The van der Waals surface area contributed by atoms with Crippen LogP contribution in [0, 0.1) is 12.8 Å². The van der Waals surface area contributed by atoms with Crippen LogP contribution in [0.5, 0.6) is 0 Å². The number of nitrogens with zero attached hydrogens (tertiary/aromatic N) is 3. The molecule has 3 heterocycles. The number of halogens is 1. The maximum Gasteiger partial charge on any atom is 0.273 e. The zero-order valence-corrected chi connectivity index (χ0v) is 14.8. The standard InChI is InChI=1S/C17H21ClN4O3/c1-10-6-19-16-14(18)15(21-22(16)7-10)17(23)20-12-9-24-5-4-13(12)25-8-11-2-3-11/h6-7,11-13H,2-5,8-9H2,1H3,(H,20,23). The molecule has 1 aliphatic heterocycles. The van der Waals surface area contributed by atoms with Crippen molar-refractivity contribution >= 4 is 23.2 Å². The van der Waals surface area contributed by atoms with Gasteiger partial charge in [-0.1, -0.05) is 11.6 Å². The fourth-order valence-corrected chi connectivity index (χ4v) is 3.24. The Bertz CT molecular complexity index is 790. The van der Waals surface area contributed by atoms with E-state index in [-0.39, 0.29) is 28.8 Å². The van der Waals surface area contributed by atoms with Crippen LogP contribution in [-0.2, 0) is 9.47 Å². The summed E-state index contributed by atoms with van der Waals surface area (Å²) in [6.07, 6.45) is 6.71. The minimum Gasteiger partial charge on any atom is -0.379 e. The molecule has 134 valence electrons. The monoisotopic (exact) mass is 364 g/mol. The van der Waals surface area contributed by atoms with Gasteiger partial charge in [0.2, 0.25) is 0 Å². The van der Waals surface area contributed by atoms with Gasteiger partial charge in [0.05, 0.1) is 18.8 Å². The molecule has 0 spiro atoms. The van der Waals surface area contributed by atoms with Crippen molar-refractivity contribution < 1.29 is 14.3 Å². The summed E-state index contributed by atoms with van der Waals surface area (Å²) in [7, 11) is 0. The maximum atomic E-state index is 12.7. The first-order valence-electron chi connectivity index (χ1n) is 8.62. The number of carbonyl (C=O) groups excluding carboxylic acids is 1. The van der Waals surface area contributed by atoms with Crippen LogP contribution in [0.2, 0.25) is 5.02 Å². The van der Waals surface area contributed by atoms with Crippen LogP contribution in [-0.4, -0.2) is 52.5 Å². The average molecular weight is 365 g/mol. The first kappa shape index (κ1) is 16.8. The van der Waals surface area contributed by atoms with Gasteiger partial charge in [0, 0.05) is 25.6 Å². The second-order valence-corrected chi connectivity index (χ2v) is 7.20. The van der Waals surface area contributed by atoms with E-state index in [0.29, 0.717) is 24.8 Å². The van der Waals surface area contributed by atoms with Gasteiger partial charge in [0.1, 0.15) is 5.02 Å². The van der Waals surface area contributed by atoms with E-state index in [9.17, 15) is 4.79 Å². The third-order valence-corrected chi connectivity index (χ3v) is 4.96. The highest BCUT2D eigenvalue weighted by atomic mass is 35.5. The smallest absolute Gasteiger partial charge is 0.273 e. The number of fused-ring (bicyclic) bond motifs is 1. The molecule has 2 aliphatic rings. The zero-order chi connectivity index (χ0) is 17.4. The summed E-state index contributed by atoms with van der Waals surface area (Å²) in [6, 6.07) is -0.199. The summed E-state index contributed by atoms with van der Waals surface area (Å²) in [5, 5.41) is 7.50. The highest BCUT2D eigenvalue weighted by molar-refractivity contribution is 6.36. The Morgan fingerprint density at radius 1 is 1.48 bits per heavy atom. The molecule has 2 aromatic rings. The van der Waals surface area contributed by atoms with Gasteiger partial charge in [-0.2, -0.15) is 5.10 Å². The van der Waals surface area contributed by atoms with Gasteiger partial charge in [-0.15, -0.1) is 0 Å². The molecular weight excluding hydrogens is 344 g/mol. The summed E-state index contributed by atoms with van der Waals surface area (Å²) in [6.45, 7) is 3.75. The number of hydrogen-bond donors (Lipinski definition) is 1. The molecule has 0 aromatic carbocycles. The number of nitrogens with one attached hydrogen (secondary N) is 1. The van der Waals surface area contributed by atoms with Gasteiger partial charge >= 0.3 is 0 Å². The Kier molecular flexibility index (Phi) is 4.62. The molecule has 2 fully saturated rings. The molecule has 1 amide bonds. The number of carbonyl (C=O) groups is 1. The fourth-order valence-electron chi connectivity index (χ4n) is 2.98. The van der Waals surface area contributed by atoms with Gasteiger partial charge in [0.25, 0.3) is 5.91 Å². The summed E-state index contributed by atoms with van der Waals surface area (Å²) < 4.78 is 13.0. The van der Waals surface area contributed by atoms with Crippen molar-refractivity contribution in [3.05, 3.63) is 28.7 Å². The molecule has 4 rings (SSSR count). The van der Waals surface area contributed by atoms with Gasteiger partial charge in [0.15, 0.2) is 11.3 Å². The van der Waals surface area contributed by atoms with Crippen molar-refractivity contribution in [3.8, 4) is 0 Å².